The molecule has 0 fully saturated rings. The first-order valence-electron chi connectivity index (χ1n) is 5.09. The van der Waals surface area contributed by atoms with E-state index in [-0.39, 0.29) is 23.3 Å². The minimum Gasteiger partial charge on any atom is -0.416 e. The van der Waals surface area contributed by atoms with E-state index >= 15 is 0 Å². The largest absolute Gasteiger partial charge is 0.416 e. The molecule has 0 aliphatic rings. The van der Waals surface area contributed by atoms with Gasteiger partial charge in [-0.05, 0) is 22.0 Å². The van der Waals surface area contributed by atoms with Gasteiger partial charge in [-0.3, -0.25) is 10.1 Å². The second kappa shape index (κ2) is 5.94. The van der Waals surface area contributed by atoms with Crippen molar-refractivity contribution in [1.82, 2.24) is 9.97 Å². The average molecular weight is 345 g/mol. The summed E-state index contributed by atoms with van der Waals surface area (Å²) in [5, 5.41) is 10.9. The van der Waals surface area contributed by atoms with Gasteiger partial charge in [-0.2, -0.15) is 0 Å². The van der Waals surface area contributed by atoms with Crippen LogP contribution in [0.4, 0.5) is 5.69 Å². The second-order valence-corrected chi connectivity index (χ2v) is 4.58. The zero-order valence-corrected chi connectivity index (χ0v) is 11.8. The number of ether oxygens (including phenoxy) is 1. The molecule has 0 saturated carbocycles. The van der Waals surface area contributed by atoms with Crippen molar-refractivity contribution in [3.63, 3.8) is 0 Å². The van der Waals surface area contributed by atoms with Gasteiger partial charge in [0.25, 0.3) is 0 Å². The number of hydrogen-bond acceptors (Lipinski definition) is 5. The first kappa shape index (κ1) is 13.7. The van der Waals surface area contributed by atoms with Gasteiger partial charge >= 0.3 is 11.7 Å². The van der Waals surface area contributed by atoms with E-state index < -0.39 is 4.92 Å². The molecule has 0 unspecified atom stereocenters. The van der Waals surface area contributed by atoms with Gasteiger partial charge < -0.3 is 4.74 Å². The summed E-state index contributed by atoms with van der Waals surface area (Å²) < 4.78 is 5.80. The van der Waals surface area contributed by atoms with Gasteiger partial charge in [0.05, 0.1) is 15.3 Å². The van der Waals surface area contributed by atoms with Crippen LogP contribution in [-0.4, -0.2) is 14.9 Å². The van der Waals surface area contributed by atoms with Crippen molar-refractivity contribution in [2.24, 2.45) is 0 Å². The SMILES string of the molecule is O=[N+]([O-])c1cccc(Br)c1Oc1ncc(CCl)cn1. The summed E-state index contributed by atoms with van der Waals surface area (Å²) in [7, 11) is 0. The van der Waals surface area contributed by atoms with Crippen LogP contribution in [0, 0.1) is 10.1 Å². The molecule has 2 rings (SSSR count). The van der Waals surface area contributed by atoms with Crippen LogP contribution in [0.3, 0.4) is 0 Å². The fourth-order valence-electron chi connectivity index (χ4n) is 1.30. The van der Waals surface area contributed by atoms with Crippen LogP contribution in [0.2, 0.25) is 0 Å². The number of halogens is 2. The molecule has 8 heteroatoms. The minimum absolute atomic E-state index is 0.0175. The summed E-state index contributed by atoms with van der Waals surface area (Å²) in [6.45, 7) is 0. The zero-order valence-electron chi connectivity index (χ0n) is 9.42. The molecule has 0 saturated heterocycles. The summed E-state index contributed by atoms with van der Waals surface area (Å²) in [6.07, 6.45) is 3.00. The maximum atomic E-state index is 10.9. The number of rotatable bonds is 4. The molecule has 0 radical (unpaired) electrons. The van der Waals surface area contributed by atoms with Gasteiger partial charge in [0.2, 0.25) is 5.75 Å². The number of aromatic nitrogens is 2. The summed E-state index contributed by atoms with van der Waals surface area (Å²) in [6, 6.07) is 4.54. The van der Waals surface area contributed by atoms with Crippen LogP contribution >= 0.6 is 27.5 Å². The molecule has 0 N–H and O–H groups in total. The smallest absolute Gasteiger partial charge is 0.322 e. The second-order valence-electron chi connectivity index (χ2n) is 3.45. The van der Waals surface area contributed by atoms with E-state index in [1.807, 2.05) is 0 Å². The maximum absolute atomic E-state index is 10.9. The fraction of sp³-hybridized carbons (Fsp3) is 0.0909. The third-order valence-electron chi connectivity index (χ3n) is 2.17. The molecule has 2 aromatic rings. The quantitative estimate of drug-likeness (QED) is 0.480. The highest BCUT2D eigenvalue weighted by molar-refractivity contribution is 9.10. The third-order valence-corrected chi connectivity index (χ3v) is 3.11. The molecule has 0 aliphatic heterocycles. The van der Waals surface area contributed by atoms with Gasteiger partial charge in [-0.1, -0.05) is 6.07 Å². The Hall–Kier alpha value is -1.73. The van der Waals surface area contributed by atoms with E-state index in [9.17, 15) is 10.1 Å². The van der Waals surface area contributed by atoms with Crippen LogP contribution in [0.5, 0.6) is 11.8 Å². The van der Waals surface area contributed by atoms with Gasteiger partial charge in [0.1, 0.15) is 0 Å². The molecular formula is C11H7BrClN3O3. The molecule has 0 bridgehead atoms. The summed E-state index contributed by atoms with van der Waals surface area (Å²) in [5.41, 5.74) is 0.565. The van der Waals surface area contributed by atoms with Crippen LogP contribution in [0.15, 0.2) is 35.1 Å². The third kappa shape index (κ3) is 3.18. The number of nitro groups is 1. The Balaban J connectivity index is 2.34. The normalized spacial score (nSPS) is 10.2. The molecule has 1 aromatic carbocycles. The molecule has 0 spiro atoms. The predicted octanol–water partition coefficient (Wildman–Crippen LogP) is 3.68. The Bertz CT molecular complexity index is 607. The highest BCUT2D eigenvalue weighted by Gasteiger charge is 2.19. The Morgan fingerprint density at radius 3 is 2.63 bits per heavy atom. The van der Waals surface area contributed by atoms with Crippen molar-refractivity contribution < 1.29 is 9.66 Å². The highest BCUT2D eigenvalue weighted by atomic mass is 79.9. The van der Waals surface area contributed by atoms with Crippen molar-refractivity contribution in [3.05, 3.63) is 50.7 Å². The number of benzene rings is 1. The first-order chi connectivity index (χ1) is 9.11. The van der Waals surface area contributed by atoms with Gasteiger partial charge in [-0.15, -0.1) is 11.6 Å². The van der Waals surface area contributed by atoms with Gasteiger partial charge in [0.15, 0.2) is 0 Å². The zero-order chi connectivity index (χ0) is 13.8. The highest BCUT2D eigenvalue weighted by Crippen LogP contribution is 2.36. The lowest BCUT2D eigenvalue weighted by Gasteiger charge is -2.06. The van der Waals surface area contributed by atoms with Crippen molar-refractivity contribution in [3.8, 4) is 11.8 Å². The fourth-order valence-corrected chi connectivity index (χ4v) is 1.87. The molecule has 0 amide bonds. The lowest BCUT2D eigenvalue weighted by molar-refractivity contribution is -0.385. The van der Waals surface area contributed by atoms with Gasteiger partial charge in [0, 0.05) is 24.0 Å². The molecular weight excluding hydrogens is 337 g/mol. The number of nitro benzene ring substituents is 1. The number of nitrogens with zero attached hydrogens (tertiary/aromatic N) is 3. The van der Waals surface area contributed by atoms with Crippen molar-refractivity contribution >= 4 is 33.2 Å². The van der Waals surface area contributed by atoms with Crippen molar-refractivity contribution in [2.75, 3.05) is 0 Å². The lowest BCUT2D eigenvalue weighted by atomic mass is 10.3. The van der Waals surface area contributed by atoms with E-state index in [1.54, 1.807) is 12.1 Å². The standard InChI is InChI=1S/C11H7BrClN3O3/c12-8-2-1-3-9(16(17)18)10(8)19-11-14-5-7(4-13)6-15-11/h1-3,5-6H,4H2. The Kier molecular flexibility index (Phi) is 4.28. The van der Waals surface area contributed by atoms with Crippen molar-refractivity contribution in [1.29, 1.82) is 0 Å². The monoisotopic (exact) mass is 343 g/mol. The number of alkyl halides is 1. The topological polar surface area (TPSA) is 78.2 Å². The molecule has 0 atom stereocenters. The minimum atomic E-state index is -0.534. The van der Waals surface area contributed by atoms with Gasteiger partial charge in [-0.25, -0.2) is 9.97 Å². The summed E-state index contributed by atoms with van der Waals surface area (Å²) in [4.78, 5) is 18.2. The first-order valence-corrected chi connectivity index (χ1v) is 6.42. The van der Waals surface area contributed by atoms with E-state index in [4.69, 9.17) is 16.3 Å². The van der Waals surface area contributed by atoms with E-state index in [1.165, 1.54) is 18.5 Å². The van der Waals surface area contributed by atoms with Crippen LogP contribution in [-0.2, 0) is 5.88 Å². The Labute approximate surface area is 121 Å². The predicted molar refractivity (Wildman–Crippen MR) is 72.5 cm³/mol. The summed E-state index contributed by atoms with van der Waals surface area (Å²) >= 11 is 8.81. The summed E-state index contributed by atoms with van der Waals surface area (Å²) in [5.74, 6) is 0.348. The average Bonchev–Trinajstić information content (AvgIpc) is 2.41. The molecule has 19 heavy (non-hydrogen) atoms. The Morgan fingerprint density at radius 2 is 2.05 bits per heavy atom. The molecule has 98 valence electrons. The van der Waals surface area contributed by atoms with Crippen LogP contribution in [0.1, 0.15) is 5.56 Å². The molecule has 1 aromatic heterocycles. The van der Waals surface area contributed by atoms with Crippen molar-refractivity contribution in [2.45, 2.75) is 5.88 Å². The molecule has 0 aliphatic carbocycles. The molecule has 6 nitrogen and oxygen atoms in total. The van der Waals surface area contributed by atoms with Crippen LogP contribution in [0.25, 0.3) is 0 Å². The van der Waals surface area contributed by atoms with Crippen LogP contribution < -0.4 is 4.74 Å². The maximum Gasteiger partial charge on any atom is 0.322 e. The molecule has 1 heterocycles. The number of para-hydroxylation sites is 1. The Morgan fingerprint density at radius 1 is 1.37 bits per heavy atom. The lowest BCUT2D eigenvalue weighted by Crippen LogP contribution is -1.97. The van der Waals surface area contributed by atoms with E-state index in [0.29, 0.717) is 4.47 Å². The van der Waals surface area contributed by atoms with E-state index in [0.717, 1.165) is 5.56 Å². The van der Waals surface area contributed by atoms with E-state index in [2.05, 4.69) is 25.9 Å². The number of hydrogen-bond donors (Lipinski definition) is 0.